The number of amides is 2. The fraction of sp³-hybridized carbons (Fsp3) is 0.379. The molecule has 178 valence electrons. The number of nitrogens with one attached hydrogen (secondary N) is 1. The Labute approximate surface area is 205 Å². The summed E-state index contributed by atoms with van der Waals surface area (Å²) in [4.78, 5) is 33.0. The molecule has 3 aromatic rings. The number of likely N-dealkylation sites (tertiary alicyclic amines) is 1. The van der Waals surface area contributed by atoms with E-state index in [1.165, 1.54) is 6.42 Å². The van der Waals surface area contributed by atoms with Crippen LogP contribution in [0.1, 0.15) is 51.1 Å². The molecule has 0 radical (unpaired) electrons. The van der Waals surface area contributed by atoms with Gasteiger partial charge in [-0.25, -0.2) is 0 Å². The molecule has 4 aliphatic rings. The van der Waals surface area contributed by atoms with E-state index >= 15 is 0 Å². The number of benzene rings is 3. The largest absolute Gasteiger partial charge is 0.366 e. The van der Waals surface area contributed by atoms with Crippen LogP contribution in [0, 0.1) is 6.92 Å². The molecule has 0 aromatic heterocycles. The van der Waals surface area contributed by atoms with Crippen molar-refractivity contribution in [1.82, 2.24) is 10.2 Å². The fourth-order valence-electron chi connectivity index (χ4n) is 6.64. The Morgan fingerprint density at radius 1 is 1.03 bits per heavy atom. The number of rotatable bonds is 4. The van der Waals surface area contributed by atoms with Gasteiger partial charge in [-0.15, -0.1) is 0 Å². The Hall–Kier alpha value is -3.38. The van der Waals surface area contributed by atoms with Crippen molar-refractivity contribution in [2.24, 2.45) is 0 Å². The van der Waals surface area contributed by atoms with Gasteiger partial charge in [0.25, 0.3) is 11.8 Å². The monoisotopic (exact) mass is 466 g/mol. The van der Waals surface area contributed by atoms with E-state index in [2.05, 4.69) is 52.5 Å². The first-order chi connectivity index (χ1) is 16.9. The molecule has 3 fully saturated rings. The SMILES string of the molecule is Cc1ccc(N2C[C@H]3C[C@@H]2CN3C)cc1C(=O)NC1(c2ccc3c4c(cccc24)C(=O)N3C)CC1. The number of likely N-dealkylation sites (N-methyl/N-ethyl adjacent to an activating group) is 1. The lowest BCUT2D eigenvalue weighted by atomic mass is 9.94. The predicted molar refractivity (Wildman–Crippen MR) is 138 cm³/mol. The van der Waals surface area contributed by atoms with Gasteiger partial charge >= 0.3 is 0 Å². The van der Waals surface area contributed by atoms with Crippen LogP contribution in [0.5, 0.6) is 0 Å². The van der Waals surface area contributed by atoms with Crippen molar-refractivity contribution in [2.75, 3.05) is 37.0 Å². The molecular formula is C29H30N4O2. The molecule has 0 spiro atoms. The molecule has 7 rings (SSSR count). The topological polar surface area (TPSA) is 55.9 Å². The lowest BCUT2D eigenvalue weighted by Gasteiger charge is -2.34. The van der Waals surface area contributed by atoms with E-state index in [9.17, 15) is 9.59 Å². The van der Waals surface area contributed by atoms with Crippen molar-refractivity contribution in [1.29, 1.82) is 0 Å². The maximum Gasteiger partial charge on any atom is 0.258 e. The first-order valence-electron chi connectivity index (χ1n) is 12.6. The number of fused-ring (bicyclic) bond motifs is 2. The summed E-state index contributed by atoms with van der Waals surface area (Å²) in [6, 6.07) is 17.6. The van der Waals surface area contributed by atoms with E-state index in [4.69, 9.17) is 0 Å². The normalized spacial score (nSPS) is 24.0. The van der Waals surface area contributed by atoms with E-state index in [0.717, 1.165) is 70.3 Å². The molecule has 0 unspecified atom stereocenters. The summed E-state index contributed by atoms with van der Waals surface area (Å²) in [5, 5.41) is 5.48. The molecule has 6 nitrogen and oxygen atoms in total. The molecule has 6 heteroatoms. The molecule has 2 bridgehead atoms. The van der Waals surface area contributed by atoms with Crippen LogP contribution in [0.25, 0.3) is 10.8 Å². The number of carbonyl (C=O) groups is 2. The third-order valence-corrected chi connectivity index (χ3v) is 8.85. The molecule has 3 heterocycles. The van der Waals surface area contributed by atoms with Crippen LogP contribution in [0.4, 0.5) is 11.4 Å². The minimum atomic E-state index is -0.379. The Balaban J connectivity index is 1.21. The first kappa shape index (κ1) is 20.9. The van der Waals surface area contributed by atoms with E-state index in [1.54, 1.807) is 4.90 Å². The standard InChI is InChI=1S/C29H30N4O2/c1-17-7-8-18(33-16-19-13-20(33)15-31(19)2)14-23(17)27(34)30-29(11-12-29)24-9-10-25-26-21(24)5-4-6-22(26)28(35)32(25)3/h4-10,14,19-20H,11-13,15-16H2,1-3H3,(H,30,34)/t19-,20-/m1/s1. The Morgan fingerprint density at radius 2 is 1.86 bits per heavy atom. The minimum absolute atomic E-state index is 0.0141. The first-order valence-corrected chi connectivity index (χ1v) is 12.6. The molecule has 2 saturated heterocycles. The molecule has 1 N–H and O–H groups in total. The average Bonchev–Trinajstić information content (AvgIpc) is 3.26. The van der Waals surface area contributed by atoms with Crippen LogP contribution in [0.2, 0.25) is 0 Å². The number of hydrogen-bond donors (Lipinski definition) is 1. The summed E-state index contributed by atoms with van der Waals surface area (Å²) >= 11 is 0. The highest BCUT2D eigenvalue weighted by Crippen LogP contribution is 2.50. The lowest BCUT2D eigenvalue weighted by molar-refractivity contribution is 0.0929. The van der Waals surface area contributed by atoms with Crippen molar-refractivity contribution in [3.8, 4) is 0 Å². The lowest BCUT2D eigenvalue weighted by Crippen LogP contribution is -2.44. The van der Waals surface area contributed by atoms with E-state index in [-0.39, 0.29) is 17.4 Å². The number of hydrogen-bond acceptors (Lipinski definition) is 4. The van der Waals surface area contributed by atoms with Crippen LogP contribution < -0.4 is 15.1 Å². The smallest absolute Gasteiger partial charge is 0.258 e. The molecule has 3 aliphatic heterocycles. The van der Waals surface area contributed by atoms with Crippen molar-refractivity contribution in [2.45, 2.75) is 43.8 Å². The van der Waals surface area contributed by atoms with Crippen LogP contribution >= 0.6 is 0 Å². The minimum Gasteiger partial charge on any atom is -0.366 e. The zero-order valence-electron chi connectivity index (χ0n) is 20.5. The molecule has 2 atom stereocenters. The highest BCUT2D eigenvalue weighted by Gasteiger charge is 2.48. The third kappa shape index (κ3) is 2.92. The summed E-state index contributed by atoms with van der Waals surface area (Å²) in [6.45, 7) is 4.14. The zero-order chi connectivity index (χ0) is 24.1. The van der Waals surface area contributed by atoms with Crippen molar-refractivity contribution < 1.29 is 9.59 Å². The predicted octanol–water partition coefficient (Wildman–Crippen LogP) is 4.05. The number of aryl methyl sites for hydroxylation is 1. The molecule has 1 aliphatic carbocycles. The summed E-state index contributed by atoms with van der Waals surface area (Å²) in [7, 11) is 4.03. The summed E-state index contributed by atoms with van der Waals surface area (Å²) in [6.07, 6.45) is 3.02. The van der Waals surface area contributed by atoms with E-state index in [1.807, 2.05) is 32.2 Å². The van der Waals surface area contributed by atoms with Crippen molar-refractivity contribution in [3.63, 3.8) is 0 Å². The number of anilines is 2. The molecule has 3 aromatic carbocycles. The van der Waals surface area contributed by atoms with E-state index in [0.29, 0.717) is 12.1 Å². The van der Waals surface area contributed by atoms with Crippen LogP contribution in [-0.4, -0.2) is 56.0 Å². The highest BCUT2D eigenvalue weighted by molar-refractivity contribution is 6.25. The quantitative estimate of drug-likeness (QED) is 0.630. The Bertz CT molecular complexity index is 1420. The molecule has 2 amide bonds. The summed E-state index contributed by atoms with van der Waals surface area (Å²) in [5.74, 6) is 0.0191. The molecular weight excluding hydrogens is 436 g/mol. The number of nitrogens with zero attached hydrogens (tertiary/aromatic N) is 3. The van der Waals surface area contributed by atoms with Gasteiger partial charge < -0.3 is 15.1 Å². The summed E-state index contributed by atoms with van der Waals surface area (Å²) in [5.41, 5.74) is 5.33. The second kappa shape index (κ2) is 7.08. The zero-order valence-corrected chi connectivity index (χ0v) is 20.5. The Kier molecular flexibility index (Phi) is 4.23. The third-order valence-electron chi connectivity index (χ3n) is 8.85. The van der Waals surface area contributed by atoms with Crippen LogP contribution in [0.3, 0.4) is 0 Å². The average molecular weight is 467 g/mol. The number of carbonyl (C=O) groups excluding carboxylic acids is 2. The second-order valence-electron chi connectivity index (χ2n) is 10.9. The van der Waals surface area contributed by atoms with Crippen molar-refractivity contribution >= 4 is 34.0 Å². The van der Waals surface area contributed by atoms with Crippen molar-refractivity contribution in [3.05, 3.63) is 70.8 Å². The fourth-order valence-corrected chi connectivity index (χ4v) is 6.64. The Morgan fingerprint density at radius 3 is 2.57 bits per heavy atom. The highest BCUT2D eigenvalue weighted by atomic mass is 16.2. The summed E-state index contributed by atoms with van der Waals surface area (Å²) < 4.78 is 0. The van der Waals surface area contributed by atoms with Gasteiger partial charge in [-0.3, -0.25) is 14.5 Å². The van der Waals surface area contributed by atoms with Crippen LogP contribution in [0.15, 0.2) is 48.5 Å². The van der Waals surface area contributed by atoms with Gasteiger partial charge in [-0.1, -0.05) is 24.3 Å². The van der Waals surface area contributed by atoms with Gasteiger partial charge in [-0.05, 0) is 74.0 Å². The van der Waals surface area contributed by atoms with Gasteiger partial charge in [0.1, 0.15) is 0 Å². The maximum absolute atomic E-state index is 13.7. The maximum atomic E-state index is 13.7. The van der Waals surface area contributed by atoms with Gasteiger partial charge in [0.2, 0.25) is 0 Å². The van der Waals surface area contributed by atoms with Crippen LogP contribution in [-0.2, 0) is 5.54 Å². The molecule has 35 heavy (non-hydrogen) atoms. The van der Waals surface area contributed by atoms with Gasteiger partial charge in [0.05, 0.1) is 11.2 Å². The van der Waals surface area contributed by atoms with E-state index < -0.39 is 0 Å². The second-order valence-corrected chi connectivity index (χ2v) is 10.9. The number of piperazine rings is 1. The molecule has 1 saturated carbocycles. The van der Waals surface area contributed by atoms with Gasteiger partial charge in [0.15, 0.2) is 0 Å². The van der Waals surface area contributed by atoms with Gasteiger partial charge in [0, 0.05) is 54.4 Å². The van der Waals surface area contributed by atoms with Gasteiger partial charge in [-0.2, -0.15) is 0 Å².